The van der Waals surface area contributed by atoms with Gasteiger partial charge in [-0.2, -0.15) is 0 Å². The van der Waals surface area contributed by atoms with E-state index in [9.17, 15) is 14.4 Å². The molecule has 0 spiro atoms. The minimum atomic E-state index is -0.302. The highest BCUT2D eigenvalue weighted by Crippen LogP contribution is 2.34. The predicted octanol–water partition coefficient (Wildman–Crippen LogP) is 2.16. The van der Waals surface area contributed by atoms with Crippen molar-refractivity contribution in [2.45, 2.75) is 28.6 Å². The maximum absolute atomic E-state index is 12.5. The first-order chi connectivity index (χ1) is 12.0. The van der Waals surface area contributed by atoms with Crippen LogP contribution in [0.4, 0.5) is 0 Å². The molecule has 25 heavy (non-hydrogen) atoms. The first-order valence-electron chi connectivity index (χ1n) is 7.82. The third-order valence-electron chi connectivity index (χ3n) is 4.28. The van der Waals surface area contributed by atoms with Gasteiger partial charge in [-0.05, 0) is 12.1 Å². The van der Waals surface area contributed by atoms with Gasteiger partial charge in [0.15, 0.2) is 5.16 Å². The van der Waals surface area contributed by atoms with Crippen molar-refractivity contribution in [1.29, 1.82) is 0 Å². The van der Waals surface area contributed by atoms with Crippen molar-refractivity contribution in [3.8, 4) is 0 Å². The smallest absolute Gasteiger partial charge is 0.267 e. The lowest BCUT2D eigenvalue weighted by molar-refractivity contribution is 0.0684. The molecule has 0 fully saturated rings. The zero-order chi connectivity index (χ0) is 17.7. The number of amides is 2. The molecule has 0 N–H and O–H groups in total. The van der Waals surface area contributed by atoms with E-state index in [2.05, 4.69) is 11.9 Å². The summed E-state index contributed by atoms with van der Waals surface area (Å²) in [7, 11) is 1.67. The van der Waals surface area contributed by atoms with Gasteiger partial charge >= 0.3 is 0 Å². The number of benzene rings is 1. The van der Waals surface area contributed by atoms with Gasteiger partial charge in [0, 0.05) is 18.7 Å². The molecule has 2 amide bonds. The van der Waals surface area contributed by atoms with Crippen LogP contribution < -0.4 is 5.56 Å². The Morgan fingerprint density at radius 3 is 2.48 bits per heavy atom. The van der Waals surface area contributed by atoms with E-state index in [-0.39, 0.29) is 23.3 Å². The minimum Gasteiger partial charge on any atom is -0.290 e. The van der Waals surface area contributed by atoms with Crippen LogP contribution >= 0.6 is 23.5 Å². The molecule has 0 saturated carbocycles. The van der Waals surface area contributed by atoms with Gasteiger partial charge in [-0.1, -0.05) is 30.8 Å². The fourth-order valence-electron chi connectivity index (χ4n) is 2.98. The normalized spacial score (nSPS) is 18.6. The van der Waals surface area contributed by atoms with Crippen molar-refractivity contribution in [2.24, 2.45) is 7.05 Å². The molecule has 0 saturated heterocycles. The van der Waals surface area contributed by atoms with E-state index in [1.165, 1.54) is 21.2 Å². The van der Waals surface area contributed by atoms with Crippen molar-refractivity contribution < 1.29 is 9.59 Å². The van der Waals surface area contributed by atoms with E-state index in [0.717, 1.165) is 12.1 Å². The molecule has 6 nitrogen and oxygen atoms in total. The summed E-state index contributed by atoms with van der Waals surface area (Å²) in [5, 5.41) is 0.863. The molecule has 0 aliphatic carbocycles. The lowest BCUT2D eigenvalue weighted by atomic mass is 10.1. The van der Waals surface area contributed by atoms with Crippen molar-refractivity contribution in [1.82, 2.24) is 14.5 Å². The third kappa shape index (κ3) is 2.60. The Kier molecular flexibility index (Phi) is 3.96. The Morgan fingerprint density at radius 1 is 1.20 bits per heavy atom. The van der Waals surface area contributed by atoms with E-state index in [0.29, 0.717) is 26.4 Å². The van der Waals surface area contributed by atoms with Gasteiger partial charge in [-0.15, -0.1) is 11.8 Å². The van der Waals surface area contributed by atoms with Crippen LogP contribution in [0.2, 0.25) is 0 Å². The van der Waals surface area contributed by atoms with Crippen molar-refractivity contribution in [3.05, 3.63) is 51.4 Å². The zero-order valence-electron chi connectivity index (χ0n) is 13.7. The molecule has 1 atom stereocenters. The molecule has 1 aromatic carbocycles. The number of fused-ring (bicyclic) bond motifs is 2. The summed E-state index contributed by atoms with van der Waals surface area (Å²) in [6.07, 6.45) is 0.761. The number of carbonyl (C=O) groups excluding carboxylic acids is 2. The molecule has 0 radical (unpaired) electrons. The number of hydrogen-bond acceptors (Lipinski definition) is 6. The maximum atomic E-state index is 12.5. The number of thioether (sulfide) groups is 2. The Hall–Kier alpha value is -2.06. The average molecular weight is 373 g/mol. The van der Waals surface area contributed by atoms with Gasteiger partial charge in [0.25, 0.3) is 17.4 Å². The SMILES string of the molecule is CC1Cc2nc(SCN3C(=O)c4ccccc4C3=O)n(C)c(=O)c2S1. The second kappa shape index (κ2) is 6.03. The van der Waals surface area contributed by atoms with E-state index in [1.807, 2.05) is 0 Å². The molecule has 1 aromatic heterocycles. The zero-order valence-corrected chi connectivity index (χ0v) is 15.3. The van der Waals surface area contributed by atoms with E-state index >= 15 is 0 Å². The fraction of sp³-hybridized carbons (Fsp3) is 0.294. The highest BCUT2D eigenvalue weighted by molar-refractivity contribution is 8.00. The lowest BCUT2D eigenvalue weighted by Crippen LogP contribution is -2.30. The van der Waals surface area contributed by atoms with Crippen LogP contribution in [0.5, 0.6) is 0 Å². The highest BCUT2D eigenvalue weighted by atomic mass is 32.2. The summed E-state index contributed by atoms with van der Waals surface area (Å²) in [6.45, 7) is 2.07. The molecule has 128 valence electrons. The Labute approximate surface area is 152 Å². The second-order valence-electron chi connectivity index (χ2n) is 6.02. The third-order valence-corrected chi connectivity index (χ3v) is 6.50. The maximum Gasteiger partial charge on any atom is 0.267 e. The molecule has 2 aliphatic rings. The standard InChI is InChI=1S/C17H15N3O3S2/c1-9-7-12-13(25-9)16(23)19(2)17(18-12)24-8-20-14(21)10-5-3-4-6-11(10)15(20)22/h3-6,9H,7-8H2,1-2H3. The van der Waals surface area contributed by atoms with Crippen LogP contribution in [-0.2, 0) is 13.5 Å². The Bertz CT molecular complexity index is 935. The molecular formula is C17H15N3O3S2. The molecule has 4 rings (SSSR count). The van der Waals surface area contributed by atoms with Crippen LogP contribution in [0.25, 0.3) is 0 Å². The minimum absolute atomic E-state index is 0.0655. The molecular weight excluding hydrogens is 358 g/mol. The topological polar surface area (TPSA) is 72.3 Å². The number of rotatable bonds is 3. The van der Waals surface area contributed by atoms with Crippen molar-refractivity contribution in [3.63, 3.8) is 0 Å². The summed E-state index contributed by atoms with van der Waals surface area (Å²) in [6, 6.07) is 6.79. The van der Waals surface area contributed by atoms with Crippen LogP contribution in [0.1, 0.15) is 33.3 Å². The van der Waals surface area contributed by atoms with Crippen LogP contribution in [0.3, 0.4) is 0 Å². The average Bonchev–Trinajstić information content (AvgIpc) is 3.09. The number of carbonyl (C=O) groups is 2. The van der Waals surface area contributed by atoms with Crippen molar-refractivity contribution in [2.75, 3.05) is 5.88 Å². The first-order valence-corrected chi connectivity index (χ1v) is 9.68. The summed E-state index contributed by atoms with van der Waals surface area (Å²) in [4.78, 5) is 43.8. The quantitative estimate of drug-likeness (QED) is 0.466. The van der Waals surface area contributed by atoms with Gasteiger partial charge in [0.05, 0.1) is 27.6 Å². The predicted molar refractivity (Wildman–Crippen MR) is 96.2 cm³/mol. The molecule has 1 unspecified atom stereocenters. The van der Waals surface area contributed by atoms with E-state index in [4.69, 9.17) is 0 Å². The largest absolute Gasteiger partial charge is 0.290 e. The number of imide groups is 1. The first kappa shape index (κ1) is 16.4. The number of aromatic nitrogens is 2. The summed E-state index contributed by atoms with van der Waals surface area (Å²) < 4.78 is 1.49. The highest BCUT2D eigenvalue weighted by Gasteiger charge is 2.35. The molecule has 2 aliphatic heterocycles. The molecule has 0 bridgehead atoms. The van der Waals surface area contributed by atoms with Gasteiger partial charge in [0.1, 0.15) is 0 Å². The van der Waals surface area contributed by atoms with Crippen LogP contribution in [0.15, 0.2) is 39.1 Å². The molecule has 8 heteroatoms. The van der Waals surface area contributed by atoms with Gasteiger partial charge in [0.2, 0.25) is 0 Å². The van der Waals surface area contributed by atoms with Gasteiger partial charge < -0.3 is 0 Å². The molecule has 3 heterocycles. The van der Waals surface area contributed by atoms with Gasteiger partial charge in [-0.3, -0.25) is 23.9 Å². The van der Waals surface area contributed by atoms with E-state index < -0.39 is 0 Å². The summed E-state index contributed by atoms with van der Waals surface area (Å²) >= 11 is 2.78. The Balaban J connectivity index is 1.59. The van der Waals surface area contributed by atoms with Gasteiger partial charge in [-0.25, -0.2) is 4.98 Å². The number of hydrogen-bond donors (Lipinski definition) is 0. The Morgan fingerprint density at radius 2 is 1.84 bits per heavy atom. The molecule has 2 aromatic rings. The summed E-state index contributed by atoms with van der Waals surface area (Å²) in [5.41, 5.74) is 1.60. The lowest BCUT2D eigenvalue weighted by Gasteiger charge is -2.14. The second-order valence-corrected chi connectivity index (χ2v) is 8.39. The summed E-state index contributed by atoms with van der Waals surface area (Å²) in [5.74, 6) is -0.472. The van der Waals surface area contributed by atoms with E-state index in [1.54, 1.807) is 43.1 Å². The van der Waals surface area contributed by atoms with Crippen LogP contribution in [0, 0.1) is 0 Å². The van der Waals surface area contributed by atoms with Crippen LogP contribution in [-0.4, -0.2) is 37.4 Å². The number of nitrogens with zero attached hydrogens (tertiary/aromatic N) is 3. The van der Waals surface area contributed by atoms with Crippen molar-refractivity contribution >= 4 is 35.3 Å². The monoisotopic (exact) mass is 373 g/mol. The fourth-order valence-corrected chi connectivity index (χ4v) is 5.06.